The van der Waals surface area contributed by atoms with Crippen molar-refractivity contribution in [2.75, 3.05) is 19.4 Å². The number of esters is 1. The smallest absolute Gasteiger partial charge is 0.331 e. The Morgan fingerprint density at radius 1 is 1.35 bits per heavy atom. The van der Waals surface area contributed by atoms with Gasteiger partial charge in [0.05, 0.1) is 6.26 Å². The molecule has 1 rings (SSSR count). The number of ether oxygens (including phenoxy) is 1. The molecular formula is C13H16FNO4S. The Balaban J connectivity index is 2.48. The quantitative estimate of drug-likeness (QED) is 0.489. The summed E-state index contributed by atoms with van der Waals surface area (Å²) in [5, 5.41) is 0. The lowest BCUT2D eigenvalue weighted by Crippen LogP contribution is -2.26. The topological polar surface area (TPSA) is 72.5 Å². The van der Waals surface area contributed by atoms with Gasteiger partial charge in [0.1, 0.15) is 12.4 Å². The molecule has 0 amide bonds. The highest BCUT2D eigenvalue weighted by Crippen LogP contribution is 2.14. The minimum Gasteiger partial charge on any atom is -0.461 e. The number of nitrogens with one attached hydrogen (secondary N) is 1. The predicted molar refractivity (Wildman–Crippen MR) is 73.9 cm³/mol. The molecule has 0 aliphatic carbocycles. The van der Waals surface area contributed by atoms with Crippen LogP contribution in [0, 0.1) is 5.82 Å². The first-order valence-electron chi connectivity index (χ1n) is 5.83. The molecule has 0 spiro atoms. The van der Waals surface area contributed by atoms with Gasteiger partial charge in [-0.3, -0.25) is 0 Å². The fourth-order valence-corrected chi connectivity index (χ4v) is 1.85. The first-order chi connectivity index (χ1) is 9.28. The van der Waals surface area contributed by atoms with Crippen molar-refractivity contribution in [2.24, 2.45) is 0 Å². The van der Waals surface area contributed by atoms with Gasteiger partial charge < -0.3 is 4.74 Å². The van der Waals surface area contributed by atoms with Crippen LogP contribution in [0.3, 0.4) is 0 Å². The number of benzene rings is 1. The standard InChI is InChI=1S/C13H16FNO4S/c1-10(11-3-5-12(14)6-4-11)9-13(16)19-8-7-15-20(2,17)18/h3-6,9,15H,7-8H2,1-2H3/b10-9-. The largest absolute Gasteiger partial charge is 0.461 e. The summed E-state index contributed by atoms with van der Waals surface area (Å²) in [6.07, 6.45) is 2.29. The van der Waals surface area contributed by atoms with E-state index in [9.17, 15) is 17.6 Å². The normalized spacial score (nSPS) is 12.2. The zero-order valence-electron chi connectivity index (χ0n) is 11.2. The SMILES string of the molecule is C/C(=C/C(=O)OCCNS(C)(=O)=O)c1ccc(F)cc1. The van der Waals surface area contributed by atoms with Gasteiger partial charge in [-0.15, -0.1) is 0 Å². The van der Waals surface area contributed by atoms with Crippen molar-refractivity contribution in [3.8, 4) is 0 Å². The minimum atomic E-state index is -3.28. The Morgan fingerprint density at radius 2 is 1.95 bits per heavy atom. The van der Waals surface area contributed by atoms with E-state index in [0.717, 1.165) is 6.26 Å². The summed E-state index contributed by atoms with van der Waals surface area (Å²) in [5.41, 5.74) is 1.34. The number of hydrogen-bond donors (Lipinski definition) is 1. The van der Waals surface area contributed by atoms with Crippen LogP contribution in [0.25, 0.3) is 5.57 Å². The summed E-state index contributed by atoms with van der Waals surface area (Å²) in [5.74, 6) is -0.932. The summed E-state index contributed by atoms with van der Waals surface area (Å²) in [6.45, 7) is 1.66. The number of allylic oxidation sites excluding steroid dienone is 1. The average molecular weight is 301 g/mol. The molecule has 110 valence electrons. The molecule has 0 saturated carbocycles. The van der Waals surface area contributed by atoms with E-state index in [0.29, 0.717) is 11.1 Å². The fraction of sp³-hybridized carbons (Fsp3) is 0.308. The molecule has 0 aromatic heterocycles. The molecule has 1 N–H and O–H groups in total. The maximum absolute atomic E-state index is 12.7. The van der Waals surface area contributed by atoms with Crippen molar-refractivity contribution in [1.29, 1.82) is 0 Å². The first-order valence-corrected chi connectivity index (χ1v) is 7.73. The third-order valence-electron chi connectivity index (χ3n) is 2.34. The van der Waals surface area contributed by atoms with Crippen LogP contribution in [0.5, 0.6) is 0 Å². The number of carbonyl (C=O) groups excluding carboxylic acids is 1. The van der Waals surface area contributed by atoms with Crippen LogP contribution >= 0.6 is 0 Å². The Hall–Kier alpha value is -1.73. The lowest BCUT2D eigenvalue weighted by Gasteiger charge is -2.04. The maximum Gasteiger partial charge on any atom is 0.331 e. The summed E-state index contributed by atoms with van der Waals surface area (Å²) in [6, 6.07) is 5.71. The van der Waals surface area contributed by atoms with Crippen molar-refractivity contribution in [3.63, 3.8) is 0 Å². The molecule has 0 saturated heterocycles. The van der Waals surface area contributed by atoms with E-state index < -0.39 is 16.0 Å². The van der Waals surface area contributed by atoms with Gasteiger partial charge in [0, 0.05) is 12.6 Å². The highest BCUT2D eigenvalue weighted by molar-refractivity contribution is 7.88. The summed E-state index contributed by atoms with van der Waals surface area (Å²) < 4.78 is 41.3. The molecular weight excluding hydrogens is 285 g/mol. The Kier molecular flexibility index (Phi) is 5.84. The van der Waals surface area contributed by atoms with E-state index in [2.05, 4.69) is 4.72 Å². The Bertz CT molecular complexity index is 593. The van der Waals surface area contributed by atoms with Gasteiger partial charge in [0.2, 0.25) is 10.0 Å². The molecule has 0 radical (unpaired) electrons. The molecule has 1 aromatic rings. The maximum atomic E-state index is 12.7. The summed E-state index contributed by atoms with van der Waals surface area (Å²) in [4.78, 5) is 11.5. The number of rotatable bonds is 6. The monoisotopic (exact) mass is 301 g/mol. The zero-order chi connectivity index (χ0) is 15.2. The Morgan fingerprint density at radius 3 is 2.50 bits per heavy atom. The molecule has 0 aliphatic heterocycles. The zero-order valence-corrected chi connectivity index (χ0v) is 12.0. The molecule has 7 heteroatoms. The van der Waals surface area contributed by atoms with Crippen LogP contribution in [-0.4, -0.2) is 33.8 Å². The van der Waals surface area contributed by atoms with Crippen molar-refractivity contribution >= 4 is 21.6 Å². The van der Waals surface area contributed by atoms with Crippen molar-refractivity contribution in [1.82, 2.24) is 4.72 Å². The fourth-order valence-electron chi connectivity index (χ4n) is 1.39. The van der Waals surface area contributed by atoms with E-state index in [1.165, 1.54) is 18.2 Å². The van der Waals surface area contributed by atoms with Crippen molar-refractivity contribution < 1.29 is 22.3 Å². The average Bonchev–Trinajstić information content (AvgIpc) is 2.34. The van der Waals surface area contributed by atoms with E-state index in [-0.39, 0.29) is 19.0 Å². The third kappa shape index (κ3) is 6.44. The molecule has 20 heavy (non-hydrogen) atoms. The van der Waals surface area contributed by atoms with Gasteiger partial charge in [-0.25, -0.2) is 22.3 Å². The lowest BCUT2D eigenvalue weighted by atomic mass is 10.1. The molecule has 0 atom stereocenters. The van der Waals surface area contributed by atoms with Crippen LogP contribution in [0.2, 0.25) is 0 Å². The van der Waals surface area contributed by atoms with Gasteiger partial charge in [0.25, 0.3) is 0 Å². The van der Waals surface area contributed by atoms with Crippen LogP contribution in [0.4, 0.5) is 4.39 Å². The first kappa shape index (κ1) is 16.3. The number of sulfonamides is 1. The van der Waals surface area contributed by atoms with Crippen LogP contribution in [0.1, 0.15) is 12.5 Å². The third-order valence-corrected chi connectivity index (χ3v) is 3.07. The molecule has 0 heterocycles. The highest BCUT2D eigenvalue weighted by Gasteiger charge is 2.04. The molecule has 0 bridgehead atoms. The van der Waals surface area contributed by atoms with E-state index in [1.54, 1.807) is 19.1 Å². The van der Waals surface area contributed by atoms with Crippen molar-refractivity contribution in [2.45, 2.75) is 6.92 Å². The van der Waals surface area contributed by atoms with Crippen LogP contribution in [-0.2, 0) is 19.6 Å². The van der Waals surface area contributed by atoms with E-state index >= 15 is 0 Å². The van der Waals surface area contributed by atoms with Crippen LogP contribution in [0.15, 0.2) is 30.3 Å². The molecule has 0 unspecified atom stereocenters. The summed E-state index contributed by atoms with van der Waals surface area (Å²) >= 11 is 0. The predicted octanol–water partition coefficient (Wildman–Crippen LogP) is 1.32. The second-order valence-corrected chi connectivity index (χ2v) is 6.00. The second-order valence-electron chi connectivity index (χ2n) is 4.17. The summed E-state index contributed by atoms with van der Waals surface area (Å²) in [7, 11) is -3.28. The van der Waals surface area contributed by atoms with E-state index in [4.69, 9.17) is 4.74 Å². The molecule has 1 aromatic carbocycles. The Labute approximate surface area is 117 Å². The number of carbonyl (C=O) groups is 1. The van der Waals surface area contributed by atoms with Gasteiger partial charge >= 0.3 is 5.97 Å². The molecule has 0 aliphatic rings. The highest BCUT2D eigenvalue weighted by atomic mass is 32.2. The number of halogens is 1. The van der Waals surface area contributed by atoms with E-state index in [1.807, 2.05) is 0 Å². The molecule has 0 fully saturated rings. The van der Waals surface area contributed by atoms with Crippen LogP contribution < -0.4 is 4.72 Å². The second kappa shape index (κ2) is 7.16. The van der Waals surface area contributed by atoms with Gasteiger partial charge in [-0.2, -0.15) is 0 Å². The number of hydrogen-bond acceptors (Lipinski definition) is 4. The minimum absolute atomic E-state index is 0.0218. The van der Waals surface area contributed by atoms with Gasteiger partial charge in [0.15, 0.2) is 0 Å². The lowest BCUT2D eigenvalue weighted by molar-refractivity contribution is -0.137. The van der Waals surface area contributed by atoms with Gasteiger partial charge in [-0.1, -0.05) is 12.1 Å². The van der Waals surface area contributed by atoms with Gasteiger partial charge in [-0.05, 0) is 30.2 Å². The van der Waals surface area contributed by atoms with Crippen molar-refractivity contribution in [3.05, 3.63) is 41.7 Å². The molecule has 5 nitrogen and oxygen atoms in total.